The van der Waals surface area contributed by atoms with Gasteiger partial charge in [-0.2, -0.15) is 12.7 Å². The molecule has 0 spiro atoms. The average Bonchev–Trinajstić information content (AvgIpc) is 2.64. The molecule has 0 aromatic heterocycles. The van der Waals surface area contributed by atoms with Crippen LogP contribution in [-0.4, -0.2) is 66.9 Å². The molecule has 2 aliphatic heterocycles. The van der Waals surface area contributed by atoms with Crippen LogP contribution in [0.5, 0.6) is 0 Å². The lowest BCUT2D eigenvalue weighted by Gasteiger charge is -2.35. The van der Waals surface area contributed by atoms with Crippen LogP contribution in [0.4, 0.5) is 0 Å². The predicted molar refractivity (Wildman–Crippen MR) is 59.2 cm³/mol. The maximum absolute atomic E-state index is 12.2. The Hall–Kier alpha value is -0.250. The van der Waals surface area contributed by atoms with Crippen molar-refractivity contribution in [1.82, 2.24) is 8.77 Å². The van der Waals surface area contributed by atoms with Crippen LogP contribution < -0.4 is 0 Å². The highest BCUT2D eigenvalue weighted by Crippen LogP contribution is 2.20. The molecule has 17 heavy (non-hydrogen) atoms. The fourth-order valence-corrected chi connectivity index (χ4v) is 3.66. The lowest BCUT2D eigenvalue weighted by atomic mass is 10.3. The van der Waals surface area contributed by atoms with Gasteiger partial charge >= 0.3 is 10.2 Å². The molecule has 0 aromatic rings. The minimum atomic E-state index is -3.66. The molecule has 3 unspecified atom stereocenters. The van der Waals surface area contributed by atoms with Crippen LogP contribution in [0.3, 0.4) is 0 Å². The number of hydroxylamine groups is 1. The van der Waals surface area contributed by atoms with Crippen molar-refractivity contribution in [2.24, 2.45) is 0 Å². The molecule has 2 saturated heterocycles. The second-order valence-corrected chi connectivity index (χ2v) is 6.34. The van der Waals surface area contributed by atoms with E-state index in [1.54, 1.807) is 0 Å². The molecular formula is C9H18N2O5S. The predicted octanol–water partition coefficient (Wildman–Crippen LogP) is -1.05. The van der Waals surface area contributed by atoms with Gasteiger partial charge < -0.3 is 9.84 Å². The molecule has 8 heteroatoms. The second kappa shape index (κ2) is 4.79. The number of aliphatic hydroxyl groups excluding tert-OH is 1. The summed E-state index contributed by atoms with van der Waals surface area (Å²) in [6.45, 7) is 4.29. The summed E-state index contributed by atoms with van der Waals surface area (Å²) >= 11 is 0. The largest absolute Gasteiger partial charge is 0.389 e. The summed E-state index contributed by atoms with van der Waals surface area (Å²) in [4.78, 5) is 4.97. The number of aliphatic hydroxyl groups is 1. The highest BCUT2D eigenvalue weighted by atomic mass is 32.2. The molecular weight excluding hydrogens is 248 g/mol. The van der Waals surface area contributed by atoms with Crippen LogP contribution in [0, 0.1) is 0 Å². The van der Waals surface area contributed by atoms with Crippen molar-refractivity contribution in [1.29, 1.82) is 0 Å². The average molecular weight is 266 g/mol. The van der Waals surface area contributed by atoms with Gasteiger partial charge in [-0.15, -0.1) is 0 Å². The van der Waals surface area contributed by atoms with Gasteiger partial charge in [-0.25, -0.2) is 0 Å². The van der Waals surface area contributed by atoms with E-state index in [1.807, 2.05) is 13.8 Å². The van der Waals surface area contributed by atoms with Gasteiger partial charge in [0, 0.05) is 13.1 Å². The Morgan fingerprint density at radius 3 is 2.24 bits per heavy atom. The number of hydrogen-bond acceptors (Lipinski definition) is 5. The number of hydrogen-bond donors (Lipinski definition) is 1. The summed E-state index contributed by atoms with van der Waals surface area (Å²) in [6, 6.07) is 0. The molecule has 2 aliphatic rings. The minimum Gasteiger partial charge on any atom is -0.389 e. The summed E-state index contributed by atoms with van der Waals surface area (Å²) in [6.07, 6.45) is -1.03. The van der Waals surface area contributed by atoms with Crippen molar-refractivity contribution in [3.05, 3.63) is 0 Å². The molecule has 0 amide bonds. The van der Waals surface area contributed by atoms with Crippen molar-refractivity contribution in [3.8, 4) is 0 Å². The van der Waals surface area contributed by atoms with E-state index in [-0.39, 0.29) is 25.4 Å². The van der Waals surface area contributed by atoms with Gasteiger partial charge in [0.15, 0.2) is 0 Å². The Morgan fingerprint density at radius 2 is 1.76 bits per heavy atom. The van der Waals surface area contributed by atoms with E-state index in [2.05, 4.69) is 0 Å². The molecule has 1 N–H and O–H groups in total. The van der Waals surface area contributed by atoms with E-state index >= 15 is 0 Å². The maximum atomic E-state index is 12.2. The lowest BCUT2D eigenvalue weighted by molar-refractivity contribution is -0.0630. The normalized spacial score (nSPS) is 37.5. The van der Waals surface area contributed by atoms with Crippen LogP contribution in [0.25, 0.3) is 0 Å². The first-order valence-corrected chi connectivity index (χ1v) is 7.03. The summed E-state index contributed by atoms with van der Waals surface area (Å²) in [5, 5.41) is 9.29. The van der Waals surface area contributed by atoms with Crippen LogP contribution in [0.1, 0.15) is 13.8 Å². The smallest absolute Gasteiger partial charge is 0.304 e. The van der Waals surface area contributed by atoms with Crippen molar-refractivity contribution in [2.45, 2.75) is 32.2 Å². The number of rotatable bonds is 2. The number of ether oxygens (including phenoxy) is 1. The lowest BCUT2D eigenvalue weighted by Crippen LogP contribution is -2.52. The maximum Gasteiger partial charge on any atom is 0.304 e. The molecule has 100 valence electrons. The first-order valence-electron chi connectivity index (χ1n) is 5.64. The molecule has 0 aliphatic carbocycles. The van der Waals surface area contributed by atoms with Crippen molar-refractivity contribution in [3.63, 3.8) is 0 Å². The van der Waals surface area contributed by atoms with Gasteiger partial charge in [-0.3, -0.25) is 4.84 Å². The molecule has 2 heterocycles. The number of β-amino-alcohol motifs (C(OH)–C–C–N with tert-alkyl or cyclic N) is 1. The van der Waals surface area contributed by atoms with Gasteiger partial charge in [0.2, 0.25) is 0 Å². The molecule has 2 fully saturated rings. The Bertz CT molecular complexity index is 364. The molecule has 0 bridgehead atoms. The first-order chi connectivity index (χ1) is 7.89. The van der Waals surface area contributed by atoms with Gasteiger partial charge in [0.25, 0.3) is 0 Å². The zero-order valence-electron chi connectivity index (χ0n) is 9.94. The zero-order valence-corrected chi connectivity index (χ0v) is 10.8. The van der Waals surface area contributed by atoms with Crippen LogP contribution in [0.2, 0.25) is 0 Å². The zero-order chi connectivity index (χ0) is 12.6. The van der Waals surface area contributed by atoms with E-state index in [0.29, 0.717) is 13.1 Å². The second-order valence-electron chi connectivity index (χ2n) is 4.52. The van der Waals surface area contributed by atoms with Crippen LogP contribution >= 0.6 is 0 Å². The van der Waals surface area contributed by atoms with Crippen molar-refractivity contribution >= 4 is 10.2 Å². The standard InChI is InChI=1S/C9H18N2O5S/c1-7-3-10(4-8(2)16-7)17(13,14)11-5-9(12)6-15-11/h7-9,12H,3-6H2,1-2H3. The van der Waals surface area contributed by atoms with E-state index in [1.165, 1.54) is 4.31 Å². The minimum absolute atomic E-state index is 0.0115. The van der Waals surface area contributed by atoms with Crippen molar-refractivity contribution < 1.29 is 23.1 Å². The van der Waals surface area contributed by atoms with E-state index in [0.717, 1.165) is 4.47 Å². The van der Waals surface area contributed by atoms with E-state index in [9.17, 15) is 13.5 Å². The molecule has 3 atom stereocenters. The van der Waals surface area contributed by atoms with Gasteiger partial charge in [-0.05, 0) is 13.8 Å². The van der Waals surface area contributed by atoms with Crippen molar-refractivity contribution in [2.75, 3.05) is 26.2 Å². The SMILES string of the molecule is CC1CN(S(=O)(=O)N2CC(O)CO2)CC(C)O1. The molecule has 2 rings (SSSR count). The summed E-state index contributed by atoms with van der Waals surface area (Å²) < 4.78 is 32.1. The Labute approximate surface area is 101 Å². The summed E-state index contributed by atoms with van der Waals surface area (Å²) in [5.74, 6) is 0. The highest BCUT2D eigenvalue weighted by molar-refractivity contribution is 7.86. The highest BCUT2D eigenvalue weighted by Gasteiger charge is 2.39. The van der Waals surface area contributed by atoms with Gasteiger partial charge in [0.1, 0.15) is 0 Å². The molecule has 0 saturated carbocycles. The fraction of sp³-hybridized carbons (Fsp3) is 1.00. The van der Waals surface area contributed by atoms with E-state index < -0.39 is 16.3 Å². The molecule has 7 nitrogen and oxygen atoms in total. The Kier molecular flexibility index (Phi) is 3.71. The Balaban J connectivity index is 2.09. The van der Waals surface area contributed by atoms with Crippen LogP contribution in [0.15, 0.2) is 0 Å². The van der Waals surface area contributed by atoms with Gasteiger partial charge in [0.05, 0.1) is 31.5 Å². The quantitative estimate of drug-likeness (QED) is 0.690. The number of nitrogens with zero attached hydrogens (tertiary/aromatic N) is 2. The fourth-order valence-electron chi connectivity index (χ4n) is 2.06. The third kappa shape index (κ3) is 2.78. The third-order valence-electron chi connectivity index (χ3n) is 2.74. The van der Waals surface area contributed by atoms with Crippen LogP contribution in [-0.2, 0) is 19.8 Å². The number of morpholine rings is 1. The molecule has 0 radical (unpaired) electrons. The summed E-state index contributed by atoms with van der Waals surface area (Å²) in [7, 11) is -3.66. The third-order valence-corrected chi connectivity index (χ3v) is 4.46. The van der Waals surface area contributed by atoms with Gasteiger partial charge in [-0.1, -0.05) is 4.47 Å². The first kappa shape index (κ1) is 13.2. The Morgan fingerprint density at radius 1 is 1.18 bits per heavy atom. The topological polar surface area (TPSA) is 79.3 Å². The van der Waals surface area contributed by atoms with E-state index in [4.69, 9.17) is 9.57 Å². The summed E-state index contributed by atoms with van der Waals surface area (Å²) in [5.41, 5.74) is 0. The molecule has 0 aromatic carbocycles. The monoisotopic (exact) mass is 266 g/mol.